The summed E-state index contributed by atoms with van der Waals surface area (Å²) in [5.41, 5.74) is 1.11. The van der Waals surface area contributed by atoms with E-state index in [0.717, 1.165) is 12.1 Å². The second kappa shape index (κ2) is 9.09. The number of benzene rings is 2. The Kier molecular flexibility index (Phi) is 5.81. The number of pyridine rings is 1. The minimum Gasteiger partial charge on any atom is -0.403 e. The SMILES string of the molecule is O=C(Nc1nnc(-c2ccccc2)o1)N1CCCNc2ccc(-c3cccc(C(F)(F)F)c3)nc21. The molecule has 2 aromatic carbocycles. The number of nitrogens with zero attached hydrogens (tertiary/aromatic N) is 4. The third kappa shape index (κ3) is 4.79. The highest BCUT2D eigenvalue weighted by Crippen LogP contribution is 2.34. The van der Waals surface area contributed by atoms with Crippen LogP contribution in [-0.4, -0.2) is 34.3 Å². The predicted molar refractivity (Wildman–Crippen MR) is 124 cm³/mol. The topological polar surface area (TPSA) is 96.2 Å². The maximum Gasteiger partial charge on any atom is 0.416 e. The van der Waals surface area contributed by atoms with Gasteiger partial charge in [0.1, 0.15) is 0 Å². The molecule has 11 heteroatoms. The maximum absolute atomic E-state index is 13.2. The Hall–Kier alpha value is -4.41. The molecule has 0 saturated carbocycles. The zero-order valence-electron chi connectivity index (χ0n) is 18.2. The van der Waals surface area contributed by atoms with E-state index in [9.17, 15) is 18.0 Å². The number of halogens is 3. The van der Waals surface area contributed by atoms with Crippen molar-refractivity contribution in [2.24, 2.45) is 0 Å². The van der Waals surface area contributed by atoms with Gasteiger partial charge in [-0.15, -0.1) is 5.10 Å². The lowest BCUT2D eigenvalue weighted by Gasteiger charge is -2.21. The molecular weight excluding hydrogens is 461 g/mol. The summed E-state index contributed by atoms with van der Waals surface area (Å²) >= 11 is 0. The van der Waals surface area contributed by atoms with Crippen molar-refractivity contribution in [3.63, 3.8) is 0 Å². The summed E-state index contributed by atoms with van der Waals surface area (Å²) in [6.45, 7) is 0.921. The molecule has 0 fully saturated rings. The van der Waals surface area contributed by atoms with Gasteiger partial charge in [0.05, 0.1) is 16.9 Å². The molecule has 0 atom stereocenters. The molecule has 0 saturated heterocycles. The van der Waals surface area contributed by atoms with E-state index in [1.54, 1.807) is 30.3 Å². The first-order valence-electron chi connectivity index (χ1n) is 10.8. The van der Waals surface area contributed by atoms with Gasteiger partial charge in [-0.05, 0) is 42.8 Å². The van der Waals surface area contributed by atoms with Crippen molar-refractivity contribution < 1.29 is 22.4 Å². The van der Waals surface area contributed by atoms with Crippen LogP contribution in [0.1, 0.15) is 12.0 Å². The lowest BCUT2D eigenvalue weighted by Crippen LogP contribution is -2.36. The van der Waals surface area contributed by atoms with Crippen molar-refractivity contribution in [2.45, 2.75) is 12.6 Å². The molecule has 0 radical (unpaired) electrons. The number of aromatic nitrogens is 3. The van der Waals surface area contributed by atoms with Crippen molar-refractivity contribution in [1.82, 2.24) is 15.2 Å². The van der Waals surface area contributed by atoms with Gasteiger partial charge >= 0.3 is 18.2 Å². The number of alkyl halides is 3. The molecule has 2 aromatic heterocycles. The number of amides is 2. The van der Waals surface area contributed by atoms with Crippen molar-refractivity contribution in [2.75, 3.05) is 28.6 Å². The number of carbonyl (C=O) groups is 1. The fraction of sp³-hybridized carbons (Fsp3) is 0.167. The zero-order valence-corrected chi connectivity index (χ0v) is 18.2. The third-order valence-electron chi connectivity index (χ3n) is 5.40. The highest BCUT2D eigenvalue weighted by Gasteiger charge is 2.31. The lowest BCUT2D eigenvalue weighted by atomic mass is 10.1. The number of carbonyl (C=O) groups excluding carboxylic acids is 1. The van der Waals surface area contributed by atoms with E-state index in [2.05, 4.69) is 25.8 Å². The zero-order chi connectivity index (χ0) is 24.4. The second-order valence-corrected chi connectivity index (χ2v) is 7.79. The van der Waals surface area contributed by atoms with Gasteiger partial charge in [0.25, 0.3) is 0 Å². The first-order chi connectivity index (χ1) is 16.9. The Balaban J connectivity index is 1.43. The Morgan fingerprint density at radius 1 is 1.00 bits per heavy atom. The summed E-state index contributed by atoms with van der Waals surface area (Å²) in [6, 6.07) is 16.7. The molecule has 0 unspecified atom stereocenters. The molecule has 0 spiro atoms. The van der Waals surface area contributed by atoms with E-state index in [4.69, 9.17) is 4.42 Å². The summed E-state index contributed by atoms with van der Waals surface area (Å²) in [5, 5.41) is 13.6. The van der Waals surface area contributed by atoms with Crippen molar-refractivity contribution in [3.05, 3.63) is 72.3 Å². The molecule has 2 amide bonds. The molecule has 4 aromatic rings. The number of hydrogen-bond acceptors (Lipinski definition) is 6. The van der Waals surface area contributed by atoms with E-state index in [1.807, 2.05) is 18.2 Å². The van der Waals surface area contributed by atoms with Crippen LogP contribution in [-0.2, 0) is 6.18 Å². The molecule has 178 valence electrons. The van der Waals surface area contributed by atoms with E-state index >= 15 is 0 Å². The van der Waals surface area contributed by atoms with Gasteiger partial charge in [-0.25, -0.2) is 9.78 Å². The van der Waals surface area contributed by atoms with Crippen LogP contribution >= 0.6 is 0 Å². The summed E-state index contributed by atoms with van der Waals surface area (Å²) < 4.78 is 45.1. The van der Waals surface area contributed by atoms with Gasteiger partial charge in [0.15, 0.2) is 5.82 Å². The van der Waals surface area contributed by atoms with Crippen LogP contribution in [0.25, 0.3) is 22.7 Å². The molecule has 35 heavy (non-hydrogen) atoms. The highest BCUT2D eigenvalue weighted by atomic mass is 19.4. The Morgan fingerprint density at radius 2 is 1.80 bits per heavy atom. The van der Waals surface area contributed by atoms with Gasteiger partial charge < -0.3 is 9.73 Å². The molecule has 1 aliphatic rings. The summed E-state index contributed by atoms with van der Waals surface area (Å²) in [7, 11) is 0. The summed E-state index contributed by atoms with van der Waals surface area (Å²) in [6.07, 6.45) is -3.85. The van der Waals surface area contributed by atoms with Gasteiger partial charge in [0.2, 0.25) is 5.89 Å². The van der Waals surface area contributed by atoms with E-state index in [-0.39, 0.29) is 23.3 Å². The van der Waals surface area contributed by atoms with Gasteiger partial charge in [-0.1, -0.05) is 35.4 Å². The van der Waals surface area contributed by atoms with Crippen LogP contribution < -0.4 is 15.5 Å². The smallest absolute Gasteiger partial charge is 0.403 e. The number of anilines is 3. The van der Waals surface area contributed by atoms with Gasteiger partial charge in [0, 0.05) is 24.2 Å². The molecule has 0 bridgehead atoms. The molecule has 1 aliphatic heterocycles. The Labute approximate surface area is 197 Å². The van der Waals surface area contributed by atoms with E-state index in [0.29, 0.717) is 36.5 Å². The standard InChI is InChI=1S/C24H19F3N6O2/c25-24(26,27)17-9-4-8-16(14-17)18-10-11-19-20(29-18)33(13-5-12-28-19)23(34)30-22-32-31-21(35-22)15-6-2-1-3-7-15/h1-4,6-11,14,28H,5,12-13H2,(H,30,32,34). The lowest BCUT2D eigenvalue weighted by molar-refractivity contribution is -0.137. The highest BCUT2D eigenvalue weighted by molar-refractivity contribution is 6.02. The first kappa shape index (κ1) is 22.4. The van der Waals surface area contributed by atoms with Crippen molar-refractivity contribution in [3.8, 4) is 22.7 Å². The minimum atomic E-state index is -4.47. The monoisotopic (exact) mass is 480 g/mol. The third-order valence-corrected chi connectivity index (χ3v) is 5.40. The van der Waals surface area contributed by atoms with Crippen LogP contribution in [0.2, 0.25) is 0 Å². The predicted octanol–water partition coefficient (Wildman–Crippen LogP) is 5.67. The van der Waals surface area contributed by atoms with E-state index in [1.165, 1.54) is 11.0 Å². The van der Waals surface area contributed by atoms with Crippen LogP contribution in [0.4, 0.5) is 35.5 Å². The summed E-state index contributed by atoms with van der Waals surface area (Å²) in [5.74, 6) is 0.543. The summed E-state index contributed by atoms with van der Waals surface area (Å²) in [4.78, 5) is 19.1. The molecule has 8 nitrogen and oxygen atoms in total. The first-order valence-corrected chi connectivity index (χ1v) is 10.8. The Morgan fingerprint density at radius 3 is 2.60 bits per heavy atom. The molecular formula is C24H19F3N6O2. The number of rotatable bonds is 3. The van der Waals surface area contributed by atoms with Crippen LogP contribution in [0.15, 0.2) is 71.1 Å². The fourth-order valence-electron chi connectivity index (χ4n) is 3.70. The van der Waals surface area contributed by atoms with E-state index < -0.39 is 17.8 Å². The van der Waals surface area contributed by atoms with Gasteiger partial charge in [-0.2, -0.15) is 13.2 Å². The number of nitrogens with one attached hydrogen (secondary N) is 2. The normalized spacial score (nSPS) is 13.5. The number of hydrogen-bond donors (Lipinski definition) is 2. The maximum atomic E-state index is 13.2. The average molecular weight is 480 g/mol. The van der Waals surface area contributed by atoms with Crippen LogP contribution in [0.3, 0.4) is 0 Å². The van der Waals surface area contributed by atoms with Crippen LogP contribution in [0.5, 0.6) is 0 Å². The quantitative estimate of drug-likeness (QED) is 0.392. The number of fused-ring (bicyclic) bond motifs is 1. The average Bonchev–Trinajstić information content (AvgIpc) is 3.22. The van der Waals surface area contributed by atoms with Crippen LogP contribution in [0, 0.1) is 0 Å². The largest absolute Gasteiger partial charge is 0.416 e. The molecule has 3 heterocycles. The molecule has 5 rings (SSSR count). The fourth-order valence-corrected chi connectivity index (χ4v) is 3.70. The van der Waals surface area contributed by atoms with Gasteiger partial charge in [-0.3, -0.25) is 10.2 Å². The van der Waals surface area contributed by atoms with Crippen molar-refractivity contribution in [1.29, 1.82) is 0 Å². The molecule has 0 aliphatic carbocycles. The second-order valence-electron chi connectivity index (χ2n) is 7.79. The Bertz CT molecular complexity index is 1360. The van der Waals surface area contributed by atoms with Crippen molar-refractivity contribution >= 4 is 23.6 Å². The molecule has 2 N–H and O–H groups in total. The number of urea groups is 1. The minimum absolute atomic E-state index is 0.0818.